The molecular formula is C20H33NO2. The molecule has 1 aliphatic rings. The molecule has 0 spiro atoms. The number of unbranched alkanes of at least 4 members (excludes halogenated alkanes) is 5. The Morgan fingerprint density at radius 3 is 2.57 bits per heavy atom. The average Bonchev–Trinajstić information content (AvgIpc) is 3.02. The highest BCUT2D eigenvalue weighted by Gasteiger charge is 2.23. The molecule has 0 amide bonds. The number of likely N-dealkylation sites (tertiary alicyclic amines) is 1. The van der Waals surface area contributed by atoms with Crippen LogP contribution in [0.2, 0.25) is 0 Å². The maximum Gasteiger partial charge on any atom is 0.119 e. The molecule has 1 atom stereocenters. The van der Waals surface area contributed by atoms with Crippen LogP contribution in [-0.2, 0) is 6.54 Å². The molecular weight excluding hydrogens is 286 g/mol. The molecule has 1 fully saturated rings. The second-order valence-corrected chi connectivity index (χ2v) is 6.71. The van der Waals surface area contributed by atoms with Crippen LogP contribution in [0, 0.1) is 0 Å². The second-order valence-electron chi connectivity index (χ2n) is 6.71. The Balaban J connectivity index is 1.64. The highest BCUT2D eigenvalue weighted by Crippen LogP contribution is 2.21. The van der Waals surface area contributed by atoms with Gasteiger partial charge < -0.3 is 9.84 Å². The number of nitrogens with zero attached hydrogens (tertiary/aromatic N) is 1. The van der Waals surface area contributed by atoms with Crippen LogP contribution in [0.15, 0.2) is 24.3 Å². The first-order valence-corrected chi connectivity index (χ1v) is 9.40. The van der Waals surface area contributed by atoms with Crippen LogP contribution in [0.3, 0.4) is 0 Å². The molecule has 130 valence electrons. The molecule has 0 radical (unpaired) electrons. The van der Waals surface area contributed by atoms with E-state index < -0.39 is 0 Å². The molecule has 1 N–H and O–H groups in total. The molecule has 0 bridgehead atoms. The zero-order chi connectivity index (χ0) is 16.3. The van der Waals surface area contributed by atoms with Crippen molar-refractivity contribution in [3.05, 3.63) is 29.8 Å². The first kappa shape index (κ1) is 18.3. The largest absolute Gasteiger partial charge is 0.494 e. The number of aliphatic hydroxyl groups excluding tert-OH is 1. The van der Waals surface area contributed by atoms with E-state index in [1.165, 1.54) is 44.1 Å². The summed E-state index contributed by atoms with van der Waals surface area (Å²) in [5, 5.41) is 9.39. The van der Waals surface area contributed by atoms with E-state index in [-0.39, 0.29) is 6.61 Å². The van der Waals surface area contributed by atoms with Gasteiger partial charge in [-0.25, -0.2) is 0 Å². The fraction of sp³-hybridized carbons (Fsp3) is 0.700. The predicted octanol–water partition coefficient (Wildman–Crippen LogP) is 4.38. The van der Waals surface area contributed by atoms with Crippen LogP contribution in [0.1, 0.15) is 63.9 Å². The molecule has 2 rings (SSSR count). The third-order valence-corrected chi connectivity index (χ3v) is 4.79. The Morgan fingerprint density at radius 2 is 1.83 bits per heavy atom. The summed E-state index contributed by atoms with van der Waals surface area (Å²) < 4.78 is 5.83. The summed E-state index contributed by atoms with van der Waals surface area (Å²) >= 11 is 0. The van der Waals surface area contributed by atoms with E-state index in [4.69, 9.17) is 4.74 Å². The van der Waals surface area contributed by atoms with Crippen molar-refractivity contribution in [3.63, 3.8) is 0 Å². The highest BCUT2D eigenvalue weighted by molar-refractivity contribution is 5.27. The van der Waals surface area contributed by atoms with Crippen LogP contribution in [-0.4, -0.2) is 35.8 Å². The van der Waals surface area contributed by atoms with E-state index in [2.05, 4.69) is 36.1 Å². The summed E-state index contributed by atoms with van der Waals surface area (Å²) in [6.07, 6.45) is 10.1. The first-order chi connectivity index (χ1) is 11.3. The van der Waals surface area contributed by atoms with Crippen molar-refractivity contribution < 1.29 is 9.84 Å². The van der Waals surface area contributed by atoms with Crippen molar-refractivity contribution in [1.82, 2.24) is 4.90 Å². The van der Waals surface area contributed by atoms with Gasteiger partial charge in [0.05, 0.1) is 13.2 Å². The summed E-state index contributed by atoms with van der Waals surface area (Å²) in [6.45, 7) is 5.38. The van der Waals surface area contributed by atoms with E-state index in [9.17, 15) is 5.11 Å². The van der Waals surface area contributed by atoms with Gasteiger partial charge in [0.15, 0.2) is 0 Å². The fourth-order valence-electron chi connectivity index (χ4n) is 3.31. The van der Waals surface area contributed by atoms with Crippen LogP contribution < -0.4 is 4.74 Å². The molecule has 1 heterocycles. The van der Waals surface area contributed by atoms with Crippen molar-refractivity contribution in [2.45, 2.75) is 70.9 Å². The predicted molar refractivity (Wildman–Crippen MR) is 95.8 cm³/mol. The molecule has 0 aliphatic carbocycles. The second kappa shape index (κ2) is 10.7. The molecule has 0 aromatic heterocycles. The normalized spacial score (nSPS) is 18.4. The number of benzene rings is 1. The smallest absolute Gasteiger partial charge is 0.119 e. The van der Waals surface area contributed by atoms with Crippen molar-refractivity contribution in [3.8, 4) is 5.75 Å². The zero-order valence-electron chi connectivity index (χ0n) is 14.7. The zero-order valence-corrected chi connectivity index (χ0v) is 14.7. The minimum absolute atomic E-state index is 0.277. The first-order valence-electron chi connectivity index (χ1n) is 9.40. The SMILES string of the molecule is CCCCCCCCOc1ccc(CN2CCC[C@@H]2CO)cc1. The molecule has 0 saturated carbocycles. The van der Waals surface area contributed by atoms with Crippen LogP contribution in [0.5, 0.6) is 5.75 Å². The van der Waals surface area contributed by atoms with Crippen molar-refractivity contribution in [1.29, 1.82) is 0 Å². The lowest BCUT2D eigenvalue weighted by atomic mass is 10.1. The highest BCUT2D eigenvalue weighted by atomic mass is 16.5. The summed E-state index contributed by atoms with van der Waals surface area (Å²) in [5.41, 5.74) is 1.30. The van der Waals surface area contributed by atoms with Crippen LogP contribution >= 0.6 is 0 Å². The number of rotatable bonds is 11. The number of aliphatic hydroxyl groups is 1. The number of hydrogen-bond acceptors (Lipinski definition) is 3. The van der Waals surface area contributed by atoms with Crippen molar-refractivity contribution in [2.75, 3.05) is 19.8 Å². The van der Waals surface area contributed by atoms with Gasteiger partial charge in [-0.05, 0) is 43.5 Å². The van der Waals surface area contributed by atoms with Gasteiger partial charge in [0.1, 0.15) is 5.75 Å². The van der Waals surface area contributed by atoms with E-state index in [1.807, 2.05) is 0 Å². The molecule has 1 aromatic rings. The Kier molecular flexibility index (Phi) is 8.48. The molecule has 1 aromatic carbocycles. The molecule has 1 saturated heterocycles. The maximum absolute atomic E-state index is 9.39. The maximum atomic E-state index is 9.39. The van der Waals surface area contributed by atoms with Crippen molar-refractivity contribution in [2.24, 2.45) is 0 Å². The quantitative estimate of drug-likeness (QED) is 0.614. The average molecular weight is 319 g/mol. The summed E-state index contributed by atoms with van der Waals surface area (Å²) in [6, 6.07) is 8.82. The third-order valence-electron chi connectivity index (χ3n) is 4.79. The van der Waals surface area contributed by atoms with E-state index in [0.717, 1.165) is 38.3 Å². The summed E-state index contributed by atoms with van der Waals surface area (Å²) in [4.78, 5) is 2.38. The number of hydrogen-bond donors (Lipinski definition) is 1. The van der Waals surface area contributed by atoms with E-state index in [0.29, 0.717) is 6.04 Å². The lowest BCUT2D eigenvalue weighted by Gasteiger charge is -2.22. The van der Waals surface area contributed by atoms with Gasteiger partial charge in [0.2, 0.25) is 0 Å². The monoisotopic (exact) mass is 319 g/mol. The van der Waals surface area contributed by atoms with Gasteiger partial charge in [-0.2, -0.15) is 0 Å². The van der Waals surface area contributed by atoms with E-state index >= 15 is 0 Å². The minimum atomic E-state index is 0.277. The summed E-state index contributed by atoms with van der Waals surface area (Å²) in [7, 11) is 0. The Hall–Kier alpha value is -1.06. The number of ether oxygens (including phenoxy) is 1. The molecule has 1 aliphatic heterocycles. The van der Waals surface area contributed by atoms with Gasteiger partial charge in [-0.15, -0.1) is 0 Å². The Bertz CT molecular complexity index is 418. The van der Waals surface area contributed by atoms with Crippen LogP contribution in [0.25, 0.3) is 0 Å². The van der Waals surface area contributed by atoms with E-state index in [1.54, 1.807) is 0 Å². The van der Waals surface area contributed by atoms with Crippen LogP contribution in [0.4, 0.5) is 0 Å². The van der Waals surface area contributed by atoms with Gasteiger partial charge in [0, 0.05) is 12.6 Å². The van der Waals surface area contributed by atoms with Crippen molar-refractivity contribution >= 4 is 0 Å². The molecule has 23 heavy (non-hydrogen) atoms. The van der Waals surface area contributed by atoms with Gasteiger partial charge in [0.25, 0.3) is 0 Å². The van der Waals surface area contributed by atoms with Gasteiger partial charge in [-0.3, -0.25) is 4.90 Å². The molecule has 3 heteroatoms. The third kappa shape index (κ3) is 6.52. The topological polar surface area (TPSA) is 32.7 Å². The molecule has 0 unspecified atom stereocenters. The Labute approximate surface area is 141 Å². The lowest BCUT2D eigenvalue weighted by Crippen LogP contribution is -2.31. The minimum Gasteiger partial charge on any atom is -0.494 e. The Morgan fingerprint density at radius 1 is 1.09 bits per heavy atom. The fourth-order valence-corrected chi connectivity index (χ4v) is 3.31. The van der Waals surface area contributed by atoms with Gasteiger partial charge in [-0.1, -0.05) is 51.2 Å². The lowest BCUT2D eigenvalue weighted by molar-refractivity contribution is 0.153. The van der Waals surface area contributed by atoms with Gasteiger partial charge >= 0.3 is 0 Å². The molecule has 3 nitrogen and oxygen atoms in total. The summed E-state index contributed by atoms with van der Waals surface area (Å²) in [5.74, 6) is 0.974. The standard InChI is InChI=1S/C20H33NO2/c1-2-3-4-5-6-7-15-23-20-12-10-18(11-13-20)16-21-14-8-9-19(21)17-22/h10-13,19,22H,2-9,14-17H2,1H3/t19-/m1/s1.